The van der Waals surface area contributed by atoms with Gasteiger partial charge in [-0.2, -0.15) is 15.1 Å². The van der Waals surface area contributed by atoms with Gasteiger partial charge in [-0.25, -0.2) is 4.39 Å². The highest BCUT2D eigenvalue weighted by molar-refractivity contribution is 6.31. The first-order chi connectivity index (χ1) is 23.5. The van der Waals surface area contributed by atoms with Crippen LogP contribution in [-0.4, -0.2) is 87.8 Å². The molecule has 1 aromatic carbocycles. The Balaban J connectivity index is 0.00000179. The fourth-order valence-corrected chi connectivity index (χ4v) is 8.14. The number of benzene rings is 1. The molecule has 2 aromatic heterocycles. The second-order valence-corrected chi connectivity index (χ2v) is 14.1. The van der Waals surface area contributed by atoms with Crippen molar-refractivity contribution in [2.75, 3.05) is 50.9 Å². The fraction of sp³-hybridized carbons (Fsp3) is 0.583. The van der Waals surface area contributed by atoms with Gasteiger partial charge in [-0.15, -0.1) is 0 Å². The monoisotopic (exact) mass is 679 g/mol. The molecule has 258 valence electrons. The Bertz CT molecular complexity index is 1750. The van der Waals surface area contributed by atoms with Gasteiger partial charge in [-0.3, -0.25) is 10.00 Å². The van der Waals surface area contributed by atoms with Crippen molar-refractivity contribution in [1.82, 2.24) is 30.4 Å². The number of allylic oxidation sites excluding steroid dienone is 1. The Morgan fingerprint density at radius 2 is 1.96 bits per heavy atom. The first-order valence-electron chi connectivity index (χ1n) is 17.7. The highest BCUT2D eigenvalue weighted by Gasteiger charge is 2.45. The van der Waals surface area contributed by atoms with Gasteiger partial charge in [0.2, 0.25) is 0 Å². The number of hydrogen-bond acceptors (Lipinski definition) is 9. The number of aliphatic hydroxyl groups is 1. The molecule has 0 spiro atoms. The standard InChI is InChI=1S/C34H41ClFN7O3.C2H6/c35-23-13-25(26-16-38-41-28(26)14-23)30-29(36)31-27(15-37-30)32(40-33(39-31)46-20-34-7-2-9-43(34)10-3-8-34)42-17-22(12-24(44)18-42)19-45-11-1-4-21-5-6-21;1-2/h1,4,13-16,21-22,24,30,37,44H,2-3,5-12,17-20H2,(H,38,41);1-2H3/b4-1-;. The Kier molecular flexibility index (Phi) is 9.91. The van der Waals surface area contributed by atoms with E-state index in [4.69, 9.17) is 31.0 Å². The molecule has 0 radical (unpaired) electrons. The zero-order valence-corrected chi connectivity index (χ0v) is 28.7. The van der Waals surface area contributed by atoms with Crippen LogP contribution in [0.2, 0.25) is 5.02 Å². The van der Waals surface area contributed by atoms with Crippen LogP contribution >= 0.6 is 11.6 Å². The van der Waals surface area contributed by atoms with E-state index in [1.54, 1.807) is 24.5 Å². The fourth-order valence-electron chi connectivity index (χ4n) is 7.91. The van der Waals surface area contributed by atoms with Crippen LogP contribution in [0.15, 0.2) is 30.5 Å². The average Bonchev–Trinajstić information content (AvgIpc) is 3.43. The van der Waals surface area contributed by atoms with E-state index < -0.39 is 18.0 Å². The molecule has 4 aliphatic heterocycles. The van der Waals surface area contributed by atoms with E-state index in [2.05, 4.69) is 32.6 Å². The number of nitrogens with zero attached hydrogens (tertiary/aromatic N) is 5. The molecule has 12 heteroatoms. The molecular formula is C36H47ClFN7O3. The molecule has 10 nitrogen and oxygen atoms in total. The summed E-state index contributed by atoms with van der Waals surface area (Å²) in [6, 6.07) is 2.87. The molecule has 3 N–H and O–H groups in total. The predicted octanol–water partition coefficient (Wildman–Crippen LogP) is 4.37. The van der Waals surface area contributed by atoms with E-state index in [0.29, 0.717) is 66.9 Å². The van der Waals surface area contributed by atoms with Gasteiger partial charge >= 0.3 is 6.01 Å². The summed E-state index contributed by atoms with van der Waals surface area (Å²) in [5.41, 5.74) is 1.38. The van der Waals surface area contributed by atoms with Crippen LogP contribution in [-0.2, 0) is 4.74 Å². The van der Waals surface area contributed by atoms with Crippen molar-refractivity contribution in [3.8, 4) is 6.01 Å². The predicted molar refractivity (Wildman–Crippen MR) is 186 cm³/mol. The second kappa shape index (κ2) is 14.3. The number of fused-ring (bicyclic) bond motifs is 3. The molecule has 3 saturated heterocycles. The normalized spacial score (nSPS) is 25.0. The number of piperidine rings is 1. The second-order valence-electron chi connectivity index (χ2n) is 13.7. The lowest BCUT2D eigenvalue weighted by Crippen LogP contribution is -2.50. The van der Waals surface area contributed by atoms with Gasteiger partial charge < -0.3 is 24.8 Å². The van der Waals surface area contributed by atoms with Crippen LogP contribution in [0.25, 0.3) is 22.9 Å². The van der Waals surface area contributed by atoms with Crippen LogP contribution in [0, 0.1) is 11.8 Å². The lowest BCUT2D eigenvalue weighted by molar-refractivity contribution is 0.0689. The van der Waals surface area contributed by atoms with Gasteiger partial charge in [-0.05, 0) is 81.6 Å². The molecule has 3 unspecified atom stereocenters. The number of ether oxygens (including phenoxy) is 2. The maximum atomic E-state index is 16.7. The number of β-amino-alcohol motifs (C(OH)–C–C–N with tert-alkyl or cyclic N) is 1. The first kappa shape index (κ1) is 33.3. The van der Waals surface area contributed by atoms with Gasteiger partial charge in [-0.1, -0.05) is 37.6 Å². The molecule has 4 fully saturated rings. The molecule has 0 amide bonds. The SMILES string of the molecule is CC.OC1CC(COC/C=C\C2CC2)CN(c2nc(OCC34CCCN3CCC4)nc3c2=CNC(c2cc(Cl)cc4[nH]ncc24)C=3F)C1. The Labute approximate surface area is 286 Å². The van der Waals surface area contributed by atoms with Crippen molar-refractivity contribution in [3.63, 3.8) is 0 Å². The summed E-state index contributed by atoms with van der Waals surface area (Å²) in [6.07, 6.45) is 14.9. The van der Waals surface area contributed by atoms with Crippen LogP contribution in [0.5, 0.6) is 6.01 Å². The van der Waals surface area contributed by atoms with Crippen molar-refractivity contribution in [2.24, 2.45) is 11.8 Å². The van der Waals surface area contributed by atoms with Crippen molar-refractivity contribution in [3.05, 3.63) is 51.6 Å². The van der Waals surface area contributed by atoms with Crippen molar-refractivity contribution in [1.29, 1.82) is 0 Å². The quantitative estimate of drug-likeness (QED) is 0.213. The number of aliphatic hydroxyl groups excluding tert-OH is 1. The molecular weight excluding hydrogens is 633 g/mol. The summed E-state index contributed by atoms with van der Waals surface area (Å²) in [4.78, 5) is 14.2. The number of H-pyrrole nitrogens is 1. The zero-order valence-electron chi connectivity index (χ0n) is 27.9. The van der Waals surface area contributed by atoms with E-state index in [1.807, 2.05) is 18.7 Å². The third kappa shape index (κ3) is 6.79. The Morgan fingerprint density at radius 1 is 1.15 bits per heavy atom. The Morgan fingerprint density at radius 3 is 2.75 bits per heavy atom. The highest BCUT2D eigenvalue weighted by atomic mass is 35.5. The minimum absolute atomic E-state index is 0.0106. The molecule has 1 aliphatic carbocycles. The number of anilines is 1. The number of aromatic amines is 1. The van der Waals surface area contributed by atoms with Gasteiger partial charge in [0.15, 0.2) is 5.83 Å². The number of rotatable bonds is 10. The van der Waals surface area contributed by atoms with Gasteiger partial charge in [0.05, 0.1) is 41.8 Å². The van der Waals surface area contributed by atoms with Crippen molar-refractivity contribution >= 4 is 40.3 Å². The molecule has 0 bridgehead atoms. The summed E-state index contributed by atoms with van der Waals surface area (Å²) in [5.74, 6) is 0.908. The summed E-state index contributed by atoms with van der Waals surface area (Å²) in [5, 5.41) is 23.3. The van der Waals surface area contributed by atoms with Crippen molar-refractivity contribution in [2.45, 2.75) is 76.5 Å². The van der Waals surface area contributed by atoms with Crippen molar-refractivity contribution < 1.29 is 19.0 Å². The minimum Gasteiger partial charge on any atom is -0.461 e. The van der Waals surface area contributed by atoms with E-state index in [1.165, 1.54) is 12.8 Å². The van der Waals surface area contributed by atoms with Crippen LogP contribution in [0.3, 0.4) is 0 Å². The number of nitrogens with one attached hydrogen (secondary N) is 2. The van der Waals surface area contributed by atoms with E-state index >= 15 is 4.39 Å². The molecule has 3 atom stereocenters. The van der Waals surface area contributed by atoms with Crippen LogP contribution in [0.1, 0.15) is 70.4 Å². The maximum absolute atomic E-state index is 16.7. The summed E-state index contributed by atoms with van der Waals surface area (Å²) in [6.45, 7) is 8.72. The Hall–Kier alpha value is -3.25. The molecule has 5 aliphatic rings. The highest BCUT2D eigenvalue weighted by Crippen LogP contribution is 2.39. The number of aromatic nitrogens is 4. The van der Waals surface area contributed by atoms with E-state index in [9.17, 15) is 5.11 Å². The van der Waals surface area contributed by atoms with Gasteiger partial charge in [0.1, 0.15) is 23.8 Å². The summed E-state index contributed by atoms with van der Waals surface area (Å²) < 4.78 is 29.1. The minimum atomic E-state index is -0.822. The molecule has 6 heterocycles. The van der Waals surface area contributed by atoms with E-state index in [0.717, 1.165) is 49.7 Å². The topological polar surface area (TPSA) is 112 Å². The number of halogens is 2. The smallest absolute Gasteiger partial charge is 0.319 e. The summed E-state index contributed by atoms with van der Waals surface area (Å²) in [7, 11) is 0. The van der Waals surface area contributed by atoms with Crippen LogP contribution < -0.4 is 25.5 Å². The molecule has 48 heavy (non-hydrogen) atoms. The third-order valence-corrected chi connectivity index (χ3v) is 10.6. The van der Waals surface area contributed by atoms with Crippen LogP contribution in [0.4, 0.5) is 10.2 Å². The maximum Gasteiger partial charge on any atom is 0.319 e. The largest absolute Gasteiger partial charge is 0.461 e. The molecule has 3 aromatic rings. The van der Waals surface area contributed by atoms with E-state index in [-0.39, 0.29) is 22.8 Å². The number of hydrogen-bond donors (Lipinski definition) is 3. The molecule has 8 rings (SSSR count). The molecule has 1 saturated carbocycles. The lowest BCUT2D eigenvalue weighted by atomic mass is 9.95. The zero-order chi connectivity index (χ0) is 33.3. The van der Waals surface area contributed by atoms with Gasteiger partial charge in [0.25, 0.3) is 0 Å². The average molecular weight is 680 g/mol. The lowest BCUT2D eigenvalue weighted by Gasteiger charge is -2.37. The first-order valence-corrected chi connectivity index (χ1v) is 18.1. The summed E-state index contributed by atoms with van der Waals surface area (Å²) >= 11 is 6.43. The van der Waals surface area contributed by atoms with Gasteiger partial charge in [0, 0.05) is 35.6 Å². The third-order valence-electron chi connectivity index (χ3n) is 10.3.